The summed E-state index contributed by atoms with van der Waals surface area (Å²) in [6.07, 6.45) is 2.87. The third kappa shape index (κ3) is 2.66. The van der Waals surface area contributed by atoms with Crippen molar-refractivity contribution >= 4 is 23.4 Å². The molecule has 4 nitrogen and oxygen atoms in total. The lowest BCUT2D eigenvalue weighted by Crippen LogP contribution is -2.08. The summed E-state index contributed by atoms with van der Waals surface area (Å²) < 4.78 is 5.12. The smallest absolute Gasteiger partial charge is 0.201 e. The summed E-state index contributed by atoms with van der Waals surface area (Å²) in [5.74, 6) is -0.554. The van der Waals surface area contributed by atoms with Gasteiger partial charge >= 0.3 is 0 Å². The Morgan fingerprint density at radius 1 is 1.09 bits per heavy atom. The summed E-state index contributed by atoms with van der Waals surface area (Å²) >= 11 is 0. The molecule has 0 amide bonds. The summed E-state index contributed by atoms with van der Waals surface area (Å²) in [5, 5.41) is 10.1. The van der Waals surface area contributed by atoms with Crippen LogP contribution >= 0.6 is 0 Å². The van der Waals surface area contributed by atoms with Crippen molar-refractivity contribution in [2.24, 2.45) is 0 Å². The van der Waals surface area contributed by atoms with Gasteiger partial charge in [-0.05, 0) is 23.8 Å². The number of carbonyl (C=O) groups excluding carboxylic acids is 2. The van der Waals surface area contributed by atoms with E-state index in [0.29, 0.717) is 16.9 Å². The van der Waals surface area contributed by atoms with Gasteiger partial charge in [0.05, 0.1) is 7.11 Å². The molecule has 0 unspecified atom stereocenters. The van der Waals surface area contributed by atoms with Crippen LogP contribution in [0.3, 0.4) is 0 Å². The Bertz CT molecular complexity index is 859. The van der Waals surface area contributed by atoms with E-state index in [0.717, 1.165) is 5.56 Å². The molecule has 2 aromatic carbocycles. The molecule has 4 heteroatoms. The molecule has 1 aliphatic rings. The van der Waals surface area contributed by atoms with Crippen LogP contribution in [0, 0.1) is 0 Å². The molecular formula is C19H14O4. The highest BCUT2D eigenvalue weighted by Crippen LogP contribution is 2.31. The monoisotopic (exact) mass is 306 g/mol. The number of aliphatic hydroxyl groups excluding tert-OH is 1. The first-order chi connectivity index (χ1) is 11.1. The molecule has 2 aromatic rings. The van der Waals surface area contributed by atoms with Gasteiger partial charge in [-0.2, -0.15) is 0 Å². The maximum absolute atomic E-state index is 12.3. The van der Waals surface area contributed by atoms with Gasteiger partial charge in [-0.15, -0.1) is 0 Å². The van der Waals surface area contributed by atoms with E-state index in [-0.39, 0.29) is 11.3 Å². The molecule has 0 aromatic heterocycles. The van der Waals surface area contributed by atoms with Crippen LogP contribution in [0.15, 0.2) is 60.2 Å². The number of methoxy groups -OCH3 is 1. The summed E-state index contributed by atoms with van der Waals surface area (Å²) in [6, 6.07) is 13.8. The van der Waals surface area contributed by atoms with Gasteiger partial charge in [0.1, 0.15) is 17.1 Å². The predicted molar refractivity (Wildman–Crippen MR) is 87.4 cm³/mol. The van der Waals surface area contributed by atoms with E-state index in [1.807, 2.05) is 6.07 Å². The predicted octanol–water partition coefficient (Wildman–Crippen LogP) is 3.44. The summed E-state index contributed by atoms with van der Waals surface area (Å²) in [6.45, 7) is 0. The number of hydrogen-bond acceptors (Lipinski definition) is 4. The van der Waals surface area contributed by atoms with Gasteiger partial charge in [0, 0.05) is 11.1 Å². The minimum Gasteiger partial charge on any atom is -0.506 e. The van der Waals surface area contributed by atoms with Gasteiger partial charge in [-0.1, -0.05) is 42.5 Å². The fourth-order valence-corrected chi connectivity index (χ4v) is 2.49. The van der Waals surface area contributed by atoms with Crippen molar-refractivity contribution in [3.8, 4) is 5.75 Å². The lowest BCUT2D eigenvalue weighted by Gasteiger charge is -2.00. The van der Waals surface area contributed by atoms with E-state index in [2.05, 4.69) is 0 Å². The van der Waals surface area contributed by atoms with Crippen LogP contribution in [0.25, 0.3) is 11.8 Å². The molecule has 114 valence electrons. The normalized spacial score (nSPS) is 13.5. The Hall–Kier alpha value is -3.14. The largest absolute Gasteiger partial charge is 0.506 e. The van der Waals surface area contributed by atoms with Crippen LogP contribution in [0.5, 0.6) is 5.75 Å². The highest BCUT2D eigenvalue weighted by molar-refractivity contribution is 6.36. The molecule has 0 saturated carbocycles. The maximum Gasteiger partial charge on any atom is 0.201 e. The second-order valence-electron chi connectivity index (χ2n) is 5.07. The Balaban J connectivity index is 1.88. The molecule has 0 saturated heterocycles. The first kappa shape index (κ1) is 14.8. The van der Waals surface area contributed by atoms with E-state index in [9.17, 15) is 14.7 Å². The van der Waals surface area contributed by atoms with Gasteiger partial charge in [0.15, 0.2) is 5.78 Å². The molecule has 1 N–H and O–H groups in total. The number of allylic oxidation sites excluding steroid dienone is 2. The third-order valence-corrected chi connectivity index (χ3v) is 3.66. The number of carbonyl (C=O) groups is 2. The number of rotatable bonds is 4. The molecule has 0 spiro atoms. The van der Waals surface area contributed by atoms with Crippen LogP contribution in [-0.2, 0) is 4.79 Å². The Labute approximate surface area is 133 Å². The standard InChI is InChI=1S/C19H14O4/c1-23-13-6-4-5-12(11-13)9-10-16(20)17-18(21)14-7-2-3-8-15(14)19(17)22/h2-11,21H,1H3. The van der Waals surface area contributed by atoms with Crippen molar-refractivity contribution in [3.63, 3.8) is 0 Å². The summed E-state index contributed by atoms with van der Waals surface area (Å²) in [5.41, 5.74) is 1.32. The maximum atomic E-state index is 12.3. The zero-order valence-electron chi connectivity index (χ0n) is 12.4. The minimum absolute atomic E-state index is 0.189. The fourth-order valence-electron chi connectivity index (χ4n) is 2.49. The average molecular weight is 306 g/mol. The van der Waals surface area contributed by atoms with E-state index < -0.39 is 11.6 Å². The molecule has 3 rings (SSSR count). The number of hydrogen-bond donors (Lipinski definition) is 1. The molecule has 0 bridgehead atoms. The van der Waals surface area contributed by atoms with Gasteiger partial charge in [0.25, 0.3) is 0 Å². The molecule has 1 aliphatic carbocycles. The first-order valence-electron chi connectivity index (χ1n) is 7.05. The topological polar surface area (TPSA) is 63.6 Å². The Kier molecular flexibility index (Phi) is 3.81. The number of ketones is 2. The van der Waals surface area contributed by atoms with Crippen molar-refractivity contribution in [1.29, 1.82) is 0 Å². The first-order valence-corrected chi connectivity index (χ1v) is 7.05. The number of ether oxygens (including phenoxy) is 1. The quantitative estimate of drug-likeness (QED) is 0.694. The van der Waals surface area contributed by atoms with Gasteiger partial charge < -0.3 is 9.84 Å². The molecule has 0 fully saturated rings. The van der Waals surface area contributed by atoms with Crippen molar-refractivity contribution in [2.45, 2.75) is 0 Å². The van der Waals surface area contributed by atoms with Crippen LogP contribution in [0.4, 0.5) is 0 Å². The zero-order chi connectivity index (χ0) is 16.4. The third-order valence-electron chi connectivity index (χ3n) is 3.66. The molecular weight excluding hydrogens is 292 g/mol. The SMILES string of the molecule is COc1cccc(C=CC(=O)C2=C(O)c3ccccc3C2=O)c1. The van der Waals surface area contributed by atoms with Crippen LogP contribution in [0.1, 0.15) is 21.5 Å². The summed E-state index contributed by atoms with van der Waals surface area (Å²) in [4.78, 5) is 24.6. The molecule has 0 aliphatic heterocycles. The van der Waals surface area contributed by atoms with Gasteiger partial charge in [-0.3, -0.25) is 9.59 Å². The van der Waals surface area contributed by atoms with Gasteiger partial charge in [0.2, 0.25) is 5.78 Å². The highest BCUT2D eigenvalue weighted by atomic mass is 16.5. The average Bonchev–Trinajstić information content (AvgIpc) is 2.84. The molecule has 0 radical (unpaired) electrons. The van der Waals surface area contributed by atoms with E-state index in [4.69, 9.17) is 4.74 Å². The minimum atomic E-state index is -0.522. The fraction of sp³-hybridized carbons (Fsp3) is 0.0526. The summed E-state index contributed by atoms with van der Waals surface area (Å²) in [7, 11) is 1.56. The lowest BCUT2D eigenvalue weighted by atomic mass is 10.1. The number of fused-ring (bicyclic) bond motifs is 1. The molecule has 0 heterocycles. The van der Waals surface area contributed by atoms with E-state index in [1.54, 1.807) is 55.7 Å². The van der Waals surface area contributed by atoms with E-state index >= 15 is 0 Å². The van der Waals surface area contributed by atoms with Crippen molar-refractivity contribution in [2.75, 3.05) is 7.11 Å². The van der Waals surface area contributed by atoms with Crippen molar-refractivity contribution in [1.82, 2.24) is 0 Å². The van der Waals surface area contributed by atoms with Gasteiger partial charge in [-0.25, -0.2) is 0 Å². The van der Waals surface area contributed by atoms with Crippen molar-refractivity contribution < 1.29 is 19.4 Å². The second-order valence-corrected chi connectivity index (χ2v) is 5.07. The van der Waals surface area contributed by atoms with E-state index in [1.165, 1.54) is 6.08 Å². The number of benzene rings is 2. The Morgan fingerprint density at radius 2 is 1.83 bits per heavy atom. The molecule has 0 atom stereocenters. The highest BCUT2D eigenvalue weighted by Gasteiger charge is 2.32. The number of Topliss-reactive ketones (excluding diaryl/α,β-unsaturated/α-hetero) is 1. The second kappa shape index (κ2) is 5.93. The Morgan fingerprint density at radius 3 is 2.52 bits per heavy atom. The van der Waals surface area contributed by atoms with Crippen LogP contribution in [0.2, 0.25) is 0 Å². The molecule has 23 heavy (non-hydrogen) atoms. The van der Waals surface area contributed by atoms with Crippen LogP contribution in [-0.4, -0.2) is 23.8 Å². The number of aliphatic hydroxyl groups is 1. The van der Waals surface area contributed by atoms with Crippen LogP contribution < -0.4 is 4.74 Å². The lowest BCUT2D eigenvalue weighted by molar-refractivity contribution is -0.110. The van der Waals surface area contributed by atoms with Crippen molar-refractivity contribution in [3.05, 3.63) is 76.9 Å². The zero-order valence-corrected chi connectivity index (χ0v) is 12.4.